The largest absolute Gasteiger partial charge is 0.508 e. The molecule has 5 rings (SSSR count). The zero-order valence-corrected chi connectivity index (χ0v) is 23.7. The first kappa shape index (κ1) is 29.5. The molecule has 0 radical (unpaired) electrons. The SMILES string of the molecule is C=CCN1CC(=O)N2[C@@H](Cc3ccc(O)cc3)C(=O)N(Cc3cccc(C(N)=O)n3)C[C@@H]2N1C(=O)CCc1ccccc1. The number of phenolic OH excluding ortho intramolecular Hbond substituents is 1. The van der Waals surface area contributed by atoms with Gasteiger partial charge in [0.1, 0.15) is 23.7 Å². The van der Waals surface area contributed by atoms with Crippen LogP contribution in [0.4, 0.5) is 0 Å². The van der Waals surface area contributed by atoms with Crippen molar-refractivity contribution in [3.63, 3.8) is 0 Å². The second kappa shape index (κ2) is 12.9. The van der Waals surface area contributed by atoms with Gasteiger partial charge in [-0.1, -0.05) is 54.6 Å². The molecule has 2 aliphatic rings. The number of amides is 4. The van der Waals surface area contributed by atoms with Gasteiger partial charge in [-0.2, -0.15) is 0 Å². The molecule has 43 heavy (non-hydrogen) atoms. The van der Waals surface area contributed by atoms with Crippen molar-refractivity contribution in [1.82, 2.24) is 24.8 Å². The maximum absolute atomic E-state index is 14.0. The Bertz CT molecular complexity index is 1510. The number of rotatable bonds is 10. The van der Waals surface area contributed by atoms with Crippen molar-refractivity contribution in [2.75, 3.05) is 19.6 Å². The molecule has 2 saturated heterocycles. The smallest absolute Gasteiger partial charge is 0.267 e. The Morgan fingerprint density at radius 2 is 1.74 bits per heavy atom. The average Bonchev–Trinajstić information content (AvgIpc) is 3.00. The summed E-state index contributed by atoms with van der Waals surface area (Å²) in [6.45, 7) is 4.11. The second-order valence-electron chi connectivity index (χ2n) is 10.6. The van der Waals surface area contributed by atoms with Crippen LogP contribution in [0.3, 0.4) is 0 Å². The van der Waals surface area contributed by atoms with Gasteiger partial charge in [0.15, 0.2) is 0 Å². The van der Waals surface area contributed by atoms with E-state index in [1.54, 1.807) is 45.3 Å². The maximum atomic E-state index is 14.0. The standard InChI is InChI=1S/C32H34N6O5/c1-2-17-36-21-30(41)37-27(18-23-11-14-25(39)15-12-23)32(43)35(19-24-9-6-10-26(34-24)31(33)42)20-28(37)38(36)29(40)16-13-22-7-4-3-5-8-22/h2-12,14-15,27-28,39H,1,13,16-21H2,(H2,33,42)/t27-,28-/m0/s1. The zero-order valence-electron chi connectivity index (χ0n) is 23.7. The molecule has 1 aromatic heterocycles. The van der Waals surface area contributed by atoms with Gasteiger partial charge in [0, 0.05) is 19.4 Å². The predicted octanol–water partition coefficient (Wildman–Crippen LogP) is 1.87. The summed E-state index contributed by atoms with van der Waals surface area (Å²) in [7, 11) is 0. The number of hydrogen-bond donors (Lipinski definition) is 2. The molecule has 0 unspecified atom stereocenters. The first-order valence-electron chi connectivity index (χ1n) is 14.1. The highest BCUT2D eigenvalue weighted by Crippen LogP contribution is 2.30. The van der Waals surface area contributed by atoms with Crippen LogP contribution in [0.25, 0.3) is 0 Å². The average molecular weight is 583 g/mol. The number of aryl methyl sites for hydroxylation is 1. The minimum absolute atomic E-state index is 0.0455. The molecule has 0 saturated carbocycles. The van der Waals surface area contributed by atoms with Crippen LogP contribution in [0.15, 0.2) is 85.5 Å². The minimum atomic E-state index is -0.912. The fraction of sp³-hybridized carbons (Fsp3) is 0.281. The number of hydrogen-bond acceptors (Lipinski definition) is 7. The van der Waals surface area contributed by atoms with E-state index in [0.717, 1.165) is 11.1 Å². The molecule has 2 atom stereocenters. The number of pyridine rings is 1. The lowest BCUT2D eigenvalue weighted by Crippen LogP contribution is -2.75. The van der Waals surface area contributed by atoms with E-state index in [0.29, 0.717) is 12.1 Å². The normalized spacial score (nSPS) is 18.8. The van der Waals surface area contributed by atoms with Crippen LogP contribution in [-0.4, -0.2) is 85.4 Å². The van der Waals surface area contributed by atoms with Crippen molar-refractivity contribution in [3.05, 3.63) is 108 Å². The van der Waals surface area contributed by atoms with E-state index in [1.165, 1.54) is 23.1 Å². The summed E-state index contributed by atoms with van der Waals surface area (Å²) in [4.78, 5) is 60.8. The van der Waals surface area contributed by atoms with Crippen molar-refractivity contribution in [2.45, 2.75) is 38.0 Å². The van der Waals surface area contributed by atoms with E-state index < -0.39 is 18.1 Å². The summed E-state index contributed by atoms with van der Waals surface area (Å²) in [5, 5.41) is 13.1. The monoisotopic (exact) mass is 582 g/mol. The molecule has 11 nitrogen and oxygen atoms in total. The van der Waals surface area contributed by atoms with Crippen molar-refractivity contribution in [3.8, 4) is 5.75 Å². The Labute approximate surface area is 249 Å². The van der Waals surface area contributed by atoms with Crippen LogP contribution in [0.2, 0.25) is 0 Å². The van der Waals surface area contributed by atoms with Crippen LogP contribution in [0, 0.1) is 0 Å². The zero-order chi connectivity index (χ0) is 30.5. The number of fused-ring (bicyclic) bond motifs is 1. The molecule has 0 spiro atoms. The van der Waals surface area contributed by atoms with Crippen molar-refractivity contribution >= 4 is 23.6 Å². The highest BCUT2D eigenvalue weighted by atomic mass is 16.3. The number of aromatic nitrogens is 1. The van der Waals surface area contributed by atoms with Gasteiger partial charge in [-0.3, -0.25) is 19.2 Å². The van der Waals surface area contributed by atoms with E-state index in [-0.39, 0.29) is 68.2 Å². The Morgan fingerprint density at radius 1 is 1.00 bits per heavy atom. The summed E-state index contributed by atoms with van der Waals surface area (Å²) < 4.78 is 0. The van der Waals surface area contributed by atoms with Gasteiger partial charge in [0.25, 0.3) is 5.91 Å². The number of phenols is 1. The lowest BCUT2D eigenvalue weighted by Gasteiger charge is -2.55. The number of carbonyl (C=O) groups excluding carboxylic acids is 4. The summed E-state index contributed by atoms with van der Waals surface area (Å²) in [6.07, 6.45) is 1.76. The fourth-order valence-electron chi connectivity index (χ4n) is 5.67. The van der Waals surface area contributed by atoms with E-state index in [9.17, 15) is 24.3 Å². The van der Waals surface area contributed by atoms with Crippen molar-refractivity contribution in [1.29, 1.82) is 0 Å². The Morgan fingerprint density at radius 3 is 2.44 bits per heavy atom. The number of benzene rings is 2. The van der Waals surface area contributed by atoms with E-state index in [4.69, 9.17) is 5.73 Å². The summed E-state index contributed by atoms with van der Waals surface area (Å²) >= 11 is 0. The number of nitrogens with two attached hydrogens (primary N) is 1. The highest BCUT2D eigenvalue weighted by molar-refractivity contribution is 5.92. The number of piperazine rings is 1. The van der Waals surface area contributed by atoms with Crippen LogP contribution in [0.1, 0.15) is 33.7 Å². The molecule has 2 fully saturated rings. The van der Waals surface area contributed by atoms with Crippen LogP contribution in [-0.2, 0) is 33.8 Å². The van der Waals surface area contributed by atoms with Crippen LogP contribution < -0.4 is 5.73 Å². The van der Waals surface area contributed by atoms with Gasteiger partial charge in [-0.05, 0) is 41.8 Å². The predicted molar refractivity (Wildman–Crippen MR) is 158 cm³/mol. The lowest BCUT2D eigenvalue weighted by molar-refractivity contribution is -0.205. The fourth-order valence-corrected chi connectivity index (χ4v) is 5.67. The third-order valence-corrected chi connectivity index (χ3v) is 7.67. The first-order chi connectivity index (χ1) is 20.7. The van der Waals surface area contributed by atoms with Crippen LogP contribution in [0.5, 0.6) is 5.75 Å². The van der Waals surface area contributed by atoms with E-state index >= 15 is 0 Å². The van der Waals surface area contributed by atoms with Gasteiger partial charge in [-0.25, -0.2) is 15.0 Å². The quantitative estimate of drug-likeness (QED) is 0.348. The number of carbonyl (C=O) groups is 4. The molecule has 2 aromatic carbocycles. The van der Waals surface area contributed by atoms with Crippen LogP contribution >= 0.6 is 0 Å². The topological polar surface area (TPSA) is 140 Å². The molecule has 0 aliphatic carbocycles. The number of hydrazine groups is 1. The molecule has 3 N–H and O–H groups in total. The second-order valence-corrected chi connectivity index (χ2v) is 10.6. The molecule has 3 heterocycles. The van der Waals surface area contributed by atoms with E-state index in [2.05, 4.69) is 11.6 Å². The first-order valence-corrected chi connectivity index (χ1v) is 14.1. The molecule has 0 bridgehead atoms. The summed E-state index contributed by atoms with van der Waals surface area (Å²) in [5.41, 5.74) is 7.72. The molecular weight excluding hydrogens is 548 g/mol. The molecule has 222 valence electrons. The number of primary amides is 1. The summed E-state index contributed by atoms with van der Waals surface area (Å²) in [5.74, 6) is -1.36. The lowest BCUT2D eigenvalue weighted by atomic mass is 9.98. The van der Waals surface area contributed by atoms with Crippen molar-refractivity contribution < 1.29 is 24.3 Å². The Kier molecular flexibility index (Phi) is 8.82. The third-order valence-electron chi connectivity index (χ3n) is 7.67. The van der Waals surface area contributed by atoms with Gasteiger partial charge in [0.2, 0.25) is 17.7 Å². The molecular formula is C32H34N6O5. The highest BCUT2D eigenvalue weighted by Gasteiger charge is 2.51. The molecule has 2 aliphatic heterocycles. The molecule has 11 heteroatoms. The van der Waals surface area contributed by atoms with Gasteiger partial charge < -0.3 is 20.6 Å². The van der Waals surface area contributed by atoms with E-state index in [1.807, 2.05) is 30.3 Å². The Hall–Kier alpha value is -5.03. The molecule has 3 aromatic rings. The Balaban J connectivity index is 1.50. The van der Waals surface area contributed by atoms with Gasteiger partial charge in [0.05, 0.1) is 25.3 Å². The summed E-state index contributed by atoms with van der Waals surface area (Å²) in [6, 6.07) is 20.1. The number of aromatic hydroxyl groups is 1. The number of nitrogens with zero attached hydrogens (tertiary/aromatic N) is 5. The maximum Gasteiger partial charge on any atom is 0.267 e. The van der Waals surface area contributed by atoms with Gasteiger partial charge >= 0.3 is 0 Å². The minimum Gasteiger partial charge on any atom is -0.508 e. The van der Waals surface area contributed by atoms with Gasteiger partial charge in [-0.15, -0.1) is 6.58 Å². The van der Waals surface area contributed by atoms with Crippen molar-refractivity contribution in [2.24, 2.45) is 5.73 Å². The third kappa shape index (κ3) is 6.57. The molecule has 4 amide bonds.